The summed E-state index contributed by atoms with van der Waals surface area (Å²) in [5, 5.41) is 10.6. The van der Waals surface area contributed by atoms with Gasteiger partial charge in [0, 0.05) is 25.7 Å². The van der Waals surface area contributed by atoms with Crippen molar-refractivity contribution in [2.75, 3.05) is 39.6 Å². The molecule has 0 aromatic rings. The highest BCUT2D eigenvalue weighted by atomic mass is 31.2. The molecule has 3 N–H and O–H groups in total. The van der Waals surface area contributed by atoms with Crippen LogP contribution in [0.15, 0.2) is 0 Å². The smallest absolute Gasteiger partial charge is 0.462 e. The number of carbonyl (C=O) groups excluding carboxylic acids is 4. The van der Waals surface area contributed by atoms with E-state index < -0.39 is 97.5 Å². The molecule has 90 heavy (non-hydrogen) atoms. The van der Waals surface area contributed by atoms with E-state index >= 15 is 0 Å². The molecule has 0 amide bonds. The molecule has 0 fully saturated rings. The van der Waals surface area contributed by atoms with E-state index in [1.165, 1.54) is 193 Å². The largest absolute Gasteiger partial charge is 0.472 e. The summed E-state index contributed by atoms with van der Waals surface area (Å²) in [6, 6.07) is 0. The Kier molecular flexibility index (Phi) is 63.0. The van der Waals surface area contributed by atoms with Gasteiger partial charge < -0.3 is 33.8 Å². The fraction of sp³-hybridized carbons (Fsp3) is 0.944. The van der Waals surface area contributed by atoms with Gasteiger partial charge in [0.15, 0.2) is 12.2 Å². The van der Waals surface area contributed by atoms with Crippen LogP contribution in [0.4, 0.5) is 0 Å². The van der Waals surface area contributed by atoms with Crippen molar-refractivity contribution in [1.29, 1.82) is 0 Å². The van der Waals surface area contributed by atoms with E-state index in [0.717, 1.165) is 95.8 Å². The molecule has 0 aromatic heterocycles. The molecule has 0 saturated heterocycles. The summed E-state index contributed by atoms with van der Waals surface area (Å²) in [4.78, 5) is 72.6. The summed E-state index contributed by atoms with van der Waals surface area (Å²) in [5.74, 6) is -1.32. The van der Waals surface area contributed by atoms with Crippen LogP contribution in [0.2, 0.25) is 0 Å². The Hall–Kier alpha value is -1.94. The van der Waals surface area contributed by atoms with E-state index in [0.29, 0.717) is 25.7 Å². The van der Waals surface area contributed by atoms with Gasteiger partial charge in [-0.25, -0.2) is 9.13 Å². The molecule has 534 valence electrons. The van der Waals surface area contributed by atoms with Crippen LogP contribution in [0.25, 0.3) is 0 Å². The van der Waals surface area contributed by atoms with Gasteiger partial charge in [0.1, 0.15) is 19.3 Å². The number of hydrogen-bond donors (Lipinski definition) is 3. The van der Waals surface area contributed by atoms with Crippen LogP contribution in [0, 0.1) is 5.92 Å². The molecule has 3 unspecified atom stereocenters. The minimum absolute atomic E-state index is 0.107. The molecular weight excluding hydrogens is 1190 g/mol. The maximum atomic E-state index is 13.0. The third-order valence-electron chi connectivity index (χ3n) is 16.9. The monoisotopic (exact) mass is 1320 g/mol. The van der Waals surface area contributed by atoms with Gasteiger partial charge in [-0.1, -0.05) is 317 Å². The Bertz CT molecular complexity index is 1740. The standard InChI is InChI=1S/C71H138O17P2/c1-6-10-13-16-19-22-25-26-27-30-35-40-45-50-55-69(74)82-61-67(88-71(76)57-52-47-42-37-32-31-33-38-43-48-53-64(5)9-4)63-86-90(79,80)84-59-65(72)58-83-89(77,78)85-62-66(87-70(75)56-51-46-41-36-29-24-21-18-15-12-8-3)60-81-68(73)54-49-44-39-34-28-23-20-17-14-11-7-2/h64-67,72H,6-63H2,1-5H3,(H,77,78)(H,79,80)/t64?,65-,66+,67+/m0/s1. The number of esters is 4. The molecule has 0 aliphatic heterocycles. The quantitative estimate of drug-likeness (QED) is 0.0222. The number of carbonyl (C=O) groups is 4. The first-order chi connectivity index (χ1) is 43.6. The second-order valence-electron chi connectivity index (χ2n) is 25.9. The molecule has 0 radical (unpaired) electrons. The van der Waals surface area contributed by atoms with Gasteiger partial charge in [0.2, 0.25) is 0 Å². The number of phosphoric ester groups is 2. The lowest BCUT2D eigenvalue weighted by Crippen LogP contribution is -2.30. The van der Waals surface area contributed by atoms with Crippen LogP contribution >= 0.6 is 15.6 Å². The molecule has 0 spiro atoms. The Labute approximate surface area is 549 Å². The molecule has 19 heteroatoms. The number of phosphoric acid groups is 2. The first-order valence-corrected chi connectivity index (χ1v) is 40.2. The van der Waals surface area contributed by atoms with Gasteiger partial charge in [-0.2, -0.15) is 0 Å². The first kappa shape index (κ1) is 88.1. The van der Waals surface area contributed by atoms with E-state index in [4.69, 9.17) is 37.0 Å². The molecule has 6 atom stereocenters. The second-order valence-corrected chi connectivity index (χ2v) is 28.8. The number of aliphatic hydroxyl groups is 1. The molecule has 0 aromatic carbocycles. The van der Waals surface area contributed by atoms with Gasteiger partial charge in [-0.3, -0.25) is 37.3 Å². The highest BCUT2D eigenvalue weighted by Gasteiger charge is 2.30. The lowest BCUT2D eigenvalue weighted by Gasteiger charge is -2.21. The molecule has 0 saturated carbocycles. The van der Waals surface area contributed by atoms with E-state index in [9.17, 15) is 43.2 Å². The molecule has 0 bridgehead atoms. The van der Waals surface area contributed by atoms with Crippen LogP contribution in [-0.4, -0.2) is 96.7 Å². The minimum Gasteiger partial charge on any atom is -0.462 e. The molecule has 0 heterocycles. The number of aliphatic hydroxyl groups excluding tert-OH is 1. The fourth-order valence-electron chi connectivity index (χ4n) is 10.8. The predicted octanol–water partition coefficient (Wildman–Crippen LogP) is 20.5. The molecule has 17 nitrogen and oxygen atoms in total. The summed E-state index contributed by atoms with van der Waals surface area (Å²) < 4.78 is 68.3. The number of hydrogen-bond acceptors (Lipinski definition) is 15. The van der Waals surface area contributed by atoms with Crippen molar-refractivity contribution in [3.05, 3.63) is 0 Å². The third-order valence-corrected chi connectivity index (χ3v) is 18.8. The van der Waals surface area contributed by atoms with Gasteiger partial charge in [0.25, 0.3) is 0 Å². The van der Waals surface area contributed by atoms with Crippen molar-refractivity contribution in [2.24, 2.45) is 5.92 Å². The first-order valence-electron chi connectivity index (χ1n) is 37.2. The summed E-state index contributed by atoms with van der Waals surface area (Å²) in [6.45, 7) is 7.28. The molecule has 0 aliphatic carbocycles. The highest BCUT2D eigenvalue weighted by Crippen LogP contribution is 2.45. The Morgan fingerprint density at radius 1 is 0.311 bits per heavy atom. The van der Waals surface area contributed by atoms with Gasteiger partial charge >= 0.3 is 39.5 Å². The molecule has 0 aliphatic rings. The van der Waals surface area contributed by atoms with E-state index in [-0.39, 0.29) is 25.7 Å². The van der Waals surface area contributed by atoms with Crippen LogP contribution in [0.3, 0.4) is 0 Å². The molecule has 0 rings (SSSR count). The summed E-state index contributed by atoms with van der Waals surface area (Å²) in [7, 11) is -9.90. The second kappa shape index (κ2) is 64.4. The summed E-state index contributed by atoms with van der Waals surface area (Å²) >= 11 is 0. The maximum Gasteiger partial charge on any atom is 0.472 e. The minimum atomic E-state index is -4.95. The zero-order chi connectivity index (χ0) is 66.3. The van der Waals surface area contributed by atoms with Crippen molar-refractivity contribution in [2.45, 2.75) is 387 Å². The fourth-order valence-corrected chi connectivity index (χ4v) is 12.4. The van der Waals surface area contributed by atoms with Crippen molar-refractivity contribution in [3.63, 3.8) is 0 Å². The SMILES string of the molecule is CCCCCCCCCCCCCCCCC(=O)OC[C@H](COP(=O)(O)OC[C@@H](O)COP(=O)(O)OC[C@@H](COC(=O)CCCCCCCCCCCCC)OC(=O)CCCCCCCCCCCCC)OC(=O)CCCCCCCCCCCCC(C)CC. The molecular formula is C71H138O17P2. The lowest BCUT2D eigenvalue weighted by atomic mass is 9.99. The van der Waals surface area contributed by atoms with Crippen molar-refractivity contribution >= 4 is 39.5 Å². The normalized spacial score (nSPS) is 14.4. The van der Waals surface area contributed by atoms with Gasteiger partial charge in [0.05, 0.1) is 26.4 Å². The third kappa shape index (κ3) is 63.5. The highest BCUT2D eigenvalue weighted by molar-refractivity contribution is 7.47. The van der Waals surface area contributed by atoms with Crippen LogP contribution < -0.4 is 0 Å². The zero-order valence-electron chi connectivity index (χ0n) is 58.3. The topological polar surface area (TPSA) is 237 Å². The number of unbranched alkanes of at least 4 members (excludes halogenated alkanes) is 42. The summed E-state index contributed by atoms with van der Waals surface area (Å²) in [6.07, 6.45) is 51.0. The van der Waals surface area contributed by atoms with Crippen LogP contribution in [-0.2, 0) is 65.4 Å². The average molecular weight is 1330 g/mol. The van der Waals surface area contributed by atoms with E-state index in [1.54, 1.807) is 0 Å². The predicted molar refractivity (Wildman–Crippen MR) is 363 cm³/mol. The van der Waals surface area contributed by atoms with Gasteiger partial charge in [-0.05, 0) is 31.6 Å². The van der Waals surface area contributed by atoms with Crippen molar-refractivity contribution in [1.82, 2.24) is 0 Å². The summed E-state index contributed by atoms with van der Waals surface area (Å²) in [5.41, 5.74) is 0. The van der Waals surface area contributed by atoms with Crippen molar-refractivity contribution in [3.8, 4) is 0 Å². The number of ether oxygens (including phenoxy) is 4. The van der Waals surface area contributed by atoms with Crippen LogP contribution in [0.1, 0.15) is 369 Å². The lowest BCUT2D eigenvalue weighted by molar-refractivity contribution is -0.161. The van der Waals surface area contributed by atoms with E-state index in [2.05, 4.69) is 34.6 Å². The average Bonchev–Trinajstić information content (AvgIpc) is 3.27. The van der Waals surface area contributed by atoms with E-state index in [1.807, 2.05) is 0 Å². The van der Waals surface area contributed by atoms with Crippen molar-refractivity contribution < 1.29 is 80.2 Å². The zero-order valence-corrected chi connectivity index (χ0v) is 60.1. The maximum absolute atomic E-state index is 13.0. The number of rotatable bonds is 71. The Morgan fingerprint density at radius 2 is 0.533 bits per heavy atom. The Balaban J connectivity index is 5.25. The van der Waals surface area contributed by atoms with Gasteiger partial charge in [-0.15, -0.1) is 0 Å². The Morgan fingerprint density at radius 3 is 0.789 bits per heavy atom. The van der Waals surface area contributed by atoms with Crippen LogP contribution in [0.5, 0.6) is 0 Å².